The first-order valence-electron chi connectivity index (χ1n) is 5.56. The Morgan fingerprint density at radius 1 is 1.21 bits per heavy atom. The summed E-state index contributed by atoms with van der Waals surface area (Å²) >= 11 is 1.41. The van der Waals surface area contributed by atoms with Crippen molar-refractivity contribution < 1.29 is 14.3 Å². The number of rotatable bonds is 4. The molecule has 2 aromatic rings. The second-order valence-corrected chi connectivity index (χ2v) is 4.65. The summed E-state index contributed by atoms with van der Waals surface area (Å²) in [6.07, 6.45) is 1.66. The third kappa shape index (κ3) is 2.85. The molecular weight excluding hydrogens is 264 g/mol. The summed E-state index contributed by atoms with van der Waals surface area (Å²) < 4.78 is 10.3. The number of carbonyl (C=O) groups is 1. The van der Waals surface area contributed by atoms with Gasteiger partial charge in [-0.15, -0.1) is 11.3 Å². The Hall–Kier alpha value is -2.08. The van der Waals surface area contributed by atoms with E-state index in [0.29, 0.717) is 22.2 Å². The number of benzene rings is 1. The molecular formula is C13H14N2O3S. The van der Waals surface area contributed by atoms with Gasteiger partial charge in [-0.1, -0.05) is 0 Å². The minimum Gasteiger partial charge on any atom is -0.497 e. The van der Waals surface area contributed by atoms with Crippen molar-refractivity contribution in [3.05, 3.63) is 35.3 Å². The zero-order valence-corrected chi connectivity index (χ0v) is 11.7. The van der Waals surface area contributed by atoms with Gasteiger partial charge in [-0.05, 0) is 12.1 Å². The fourth-order valence-electron chi connectivity index (χ4n) is 1.59. The highest BCUT2D eigenvalue weighted by molar-refractivity contribution is 7.13. The molecule has 0 atom stereocenters. The van der Waals surface area contributed by atoms with Crippen LogP contribution in [0.5, 0.6) is 11.5 Å². The summed E-state index contributed by atoms with van der Waals surface area (Å²) in [5, 5.41) is 2.47. The highest BCUT2D eigenvalue weighted by Gasteiger charge is 2.17. The van der Waals surface area contributed by atoms with Gasteiger partial charge in [0.25, 0.3) is 5.91 Å². The number of hydrogen-bond acceptors (Lipinski definition) is 5. The van der Waals surface area contributed by atoms with Gasteiger partial charge in [0, 0.05) is 30.3 Å². The maximum Gasteiger partial charge on any atom is 0.260 e. The molecule has 1 heterocycles. The number of hydrogen-bond donors (Lipinski definition) is 0. The highest BCUT2D eigenvalue weighted by Crippen LogP contribution is 2.25. The van der Waals surface area contributed by atoms with E-state index in [2.05, 4.69) is 4.98 Å². The predicted octanol–water partition coefficient (Wildman–Crippen LogP) is 2.44. The predicted molar refractivity (Wildman–Crippen MR) is 74.4 cm³/mol. The van der Waals surface area contributed by atoms with Crippen molar-refractivity contribution in [1.29, 1.82) is 0 Å². The number of nitrogens with zero attached hydrogens (tertiary/aromatic N) is 2. The summed E-state index contributed by atoms with van der Waals surface area (Å²) in [4.78, 5) is 18.0. The lowest BCUT2D eigenvalue weighted by molar-refractivity contribution is 0.0992. The third-order valence-electron chi connectivity index (χ3n) is 2.61. The van der Waals surface area contributed by atoms with Crippen LogP contribution >= 0.6 is 11.3 Å². The summed E-state index contributed by atoms with van der Waals surface area (Å²) in [6.45, 7) is 0. The van der Waals surface area contributed by atoms with Crippen LogP contribution in [0.3, 0.4) is 0 Å². The molecule has 0 radical (unpaired) electrons. The number of carbonyl (C=O) groups excluding carboxylic acids is 1. The number of anilines is 1. The van der Waals surface area contributed by atoms with Crippen molar-refractivity contribution in [2.45, 2.75) is 0 Å². The van der Waals surface area contributed by atoms with Gasteiger partial charge in [0.1, 0.15) is 11.5 Å². The molecule has 1 aromatic carbocycles. The van der Waals surface area contributed by atoms with Gasteiger partial charge in [0.15, 0.2) is 5.13 Å². The highest BCUT2D eigenvalue weighted by atomic mass is 32.1. The summed E-state index contributed by atoms with van der Waals surface area (Å²) in [5.41, 5.74) is 0.494. The van der Waals surface area contributed by atoms with Crippen LogP contribution in [0, 0.1) is 0 Å². The Kier molecular flexibility index (Phi) is 4.01. The SMILES string of the molecule is COc1cc(OC)cc(C(=O)N(C)c2nccs2)c1. The number of methoxy groups -OCH3 is 2. The van der Waals surface area contributed by atoms with E-state index in [4.69, 9.17) is 9.47 Å². The van der Waals surface area contributed by atoms with Gasteiger partial charge in [-0.2, -0.15) is 0 Å². The molecule has 100 valence electrons. The second kappa shape index (κ2) is 5.71. The molecule has 0 bridgehead atoms. The Morgan fingerprint density at radius 3 is 2.32 bits per heavy atom. The number of ether oxygens (including phenoxy) is 2. The van der Waals surface area contributed by atoms with Gasteiger partial charge in [-0.3, -0.25) is 9.69 Å². The van der Waals surface area contributed by atoms with Crippen molar-refractivity contribution >= 4 is 22.4 Å². The van der Waals surface area contributed by atoms with E-state index in [1.807, 2.05) is 5.38 Å². The van der Waals surface area contributed by atoms with Crippen molar-refractivity contribution in [2.24, 2.45) is 0 Å². The third-order valence-corrected chi connectivity index (χ3v) is 3.46. The average molecular weight is 278 g/mol. The van der Waals surface area contributed by atoms with E-state index in [0.717, 1.165) is 0 Å². The van der Waals surface area contributed by atoms with Crippen LogP contribution in [-0.4, -0.2) is 32.2 Å². The molecule has 6 heteroatoms. The monoisotopic (exact) mass is 278 g/mol. The number of amides is 1. The number of aromatic nitrogens is 1. The second-order valence-electron chi connectivity index (χ2n) is 3.78. The van der Waals surface area contributed by atoms with Crippen LogP contribution in [-0.2, 0) is 0 Å². The summed E-state index contributed by atoms with van der Waals surface area (Å²) in [6, 6.07) is 5.07. The van der Waals surface area contributed by atoms with Gasteiger partial charge in [0.2, 0.25) is 0 Å². The van der Waals surface area contributed by atoms with Gasteiger partial charge < -0.3 is 9.47 Å². The van der Waals surface area contributed by atoms with Crippen molar-refractivity contribution in [1.82, 2.24) is 4.98 Å². The van der Waals surface area contributed by atoms with Crippen LogP contribution in [0.25, 0.3) is 0 Å². The maximum atomic E-state index is 12.4. The van der Waals surface area contributed by atoms with E-state index < -0.39 is 0 Å². The molecule has 1 aromatic heterocycles. The van der Waals surface area contributed by atoms with Gasteiger partial charge >= 0.3 is 0 Å². The fraction of sp³-hybridized carbons (Fsp3) is 0.231. The number of thiazole rings is 1. The van der Waals surface area contributed by atoms with E-state index in [1.165, 1.54) is 16.2 Å². The van der Waals surface area contributed by atoms with E-state index in [9.17, 15) is 4.79 Å². The lowest BCUT2D eigenvalue weighted by atomic mass is 10.2. The summed E-state index contributed by atoms with van der Waals surface area (Å²) in [5.74, 6) is 0.998. The molecule has 0 saturated heterocycles. The standard InChI is InChI=1S/C13H14N2O3S/c1-15(13-14-4-5-19-13)12(16)9-6-10(17-2)8-11(7-9)18-3/h4-8H,1-3H3. The largest absolute Gasteiger partial charge is 0.497 e. The topological polar surface area (TPSA) is 51.7 Å². The molecule has 0 aliphatic rings. The van der Waals surface area contributed by atoms with E-state index >= 15 is 0 Å². The van der Waals surface area contributed by atoms with Crippen LogP contribution in [0.4, 0.5) is 5.13 Å². The lowest BCUT2D eigenvalue weighted by Gasteiger charge is -2.15. The van der Waals surface area contributed by atoms with E-state index in [-0.39, 0.29) is 5.91 Å². The quantitative estimate of drug-likeness (QED) is 0.862. The smallest absolute Gasteiger partial charge is 0.260 e. The molecule has 5 nitrogen and oxygen atoms in total. The van der Waals surface area contributed by atoms with Crippen molar-refractivity contribution in [3.63, 3.8) is 0 Å². The van der Waals surface area contributed by atoms with Gasteiger partial charge in [-0.25, -0.2) is 4.98 Å². The van der Waals surface area contributed by atoms with Gasteiger partial charge in [0.05, 0.1) is 14.2 Å². The maximum absolute atomic E-state index is 12.4. The molecule has 0 fully saturated rings. The molecule has 2 rings (SSSR count). The molecule has 0 aliphatic heterocycles. The Morgan fingerprint density at radius 2 is 1.84 bits per heavy atom. The first-order valence-corrected chi connectivity index (χ1v) is 6.44. The first-order chi connectivity index (χ1) is 9.15. The molecule has 0 spiro atoms. The van der Waals surface area contributed by atoms with Crippen LogP contribution in [0.2, 0.25) is 0 Å². The average Bonchev–Trinajstić information content (AvgIpc) is 2.99. The minimum absolute atomic E-state index is 0.160. The molecule has 19 heavy (non-hydrogen) atoms. The van der Waals surface area contributed by atoms with E-state index in [1.54, 1.807) is 45.7 Å². The minimum atomic E-state index is -0.160. The first kappa shape index (κ1) is 13.4. The normalized spacial score (nSPS) is 10.1. The Balaban J connectivity index is 2.32. The lowest BCUT2D eigenvalue weighted by Crippen LogP contribution is -2.26. The Labute approximate surface area is 115 Å². The summed E-state index contributed by atoms with van der Waals surface area (Å²) in [7, 11) is 4.79. The molecule has 0 N–H and O–H groups in total. The van der Waals surface area contributed by atoms with Crippen LogP contribution in [0.15, 0.2) is 29.8 Å². The van der Waals surface area contributed by atoms with Crippen molar-refractivity contribution in [2.75, 3.05) is 26.2 Å². The zero-order valence-electron chi connectivity index (χ0n) is 10.9. The molecule has 0 unspecified atom stereocenters. The zero-order chi connectivity index (χ0) is 13.8. The molecule has 1 amide bonds. The molecule has 0 aliphatic carbocycles. The fourth-order valence-corrected chi connectivity index (χ4v) is 2.20. The molecule has 0 saturated carbocycles. The van der Waals surface area contributed by atoms with Crippen molar-refractivity contribution in [3.8, 4) is 11.5 Å². The van der Waals surface area contributed by atoms with Crippen LogP contribution < -0.4 is 14.4 Å². The Bertz CT molecular complexity index is 547. The van der Waals surface area contributed by atoms with Crippen LogP contribution in [0.1, 0.15) is 10.4 Å².